The zero-order valence-electron chi connectivity index (χ0n) is 18.1. The summed E-state index contributed by atoms with van der Waals surface area (Å²) in [6.45, 7) is 1.36. The molecule has 0 aliphatic rings. The lowest BCUT2D eigenvalue weighted by molar-refractivity contribution is -0.696. The lowest BCUT2D eigenvalue weighted by Gasteiger charge is -2.19. The number of carbonyl (C=O) groups excluding carboxylic acids is 1. The number of carbonyl (C=O) groups is 1. The summed E-state index contributed by atoms with van der Waals surface area (Å²) in [7, 11) is -0.708. The molecule has 0 unspecified atom stereocenters. The summed E-state index contributed by atoms with van der Waals surface area (Å²) in [5.74, 6) is -0.512. The van der Waals surface area contributed by atoms with Gasteiger partial charge < -0.3 is 14.2 Å². The average Bonchev–Trinajstić information content (AvgIpc) is 2.75. The number of aryl methyl sites for hydroxylation is 1. The minimum Gasteiger partial charge on any atom is -0.748 e. The van der Waals surface area contributed by atoms with E-state index in [1.54, 1.807) is 0 Å². The molecule has 0 N–H and O–H groups in total. The van der Waals surface area contributed by atoms with Crippen LogP contribution in [0.25, 0.3) is 12.2 Å². The highest BCUT2D eigenvalue weighted by atomic mass is 32.2. The number of hydrogen-bond acceptors (Lipinski definition) is 6. The Kier molecular flexibility index (Phi) is 9.68. The van der Waals surface area contributed by atoms with Gasteiger partial charge in [0.15, 0.2) is 12.4 Å². The highest BCUT2D eigenvalue weighted by Crippen LogP contribution is 2.16. The van der Waals surface area contributed by atoms with Crippen molar-refractivity contribution in [3.05, 3.63) is 59.9 Å². The Morgan fingerprint density at radius 3 is 2.23 bits per heavy atom. The lowest BCUT2D eigenvalue weighted by atomic mass is 10.1. The van der Waals surface area contributed by atoms with E-state index in [1.165, 1.54) is 7.11 Å². The van der Waals surface area contributed by atoms with Gasteiger partial charge in [-0.3, -0.25) is 4.79 Å². The third-order valence-corrected chi connectivity index (χ3v) is 5.67. The molecule has 1 aromatic carbocycles. The van der Waals surface area contributed by atoms with Crippen LogP contribution in [0, 0.1) is 0 Å². The first-order chi connectivity index (χ1) is 14.8. The number of methoxy groups -OCH3 is 1. The van der Waals surface area contributed by atoms with Crippen LogP contribution in [0.2, 0.25) is 0 Å². The predicted molar refractivity (Wildman–Crippen MR) is 120 cm³/mol. The SMILES string of the molecule is COC(=O)CCCCN(C)c1ccc(/C=C/c2cc[n+](CCCS(=O)(=O)[O-])cc2)cc1. The third kappa shape index (κ3) is 9.76. The molecule has 0 fully saturated rings. The zero-order chi connectivity index (χ0) is 22.7. The van der Waals surface area contributed by atoms with E-state index in [0.717, 1.165) is 36.2 Å². The van der Waals surface area contributed by atoms with Crippen molar-refractivity contribution < 1.29 is 27.1 Å². The second kappa shape index (κ2) is 12.2. The molecule has 0 radical (unpaired) electrons. The van der Waals surface area contributed by atoms with E-state index in [0.29, 0.717) is 19.4 Å². The Morgan fingerprint density at radius 2 is 1.65 bits per heavy atom. The van der Waals surface area contributed by atoms with Crippen molar-refractivity contribution in [1.82, 2.24) is 0 Å². The van der Waals surface area contributed by atoms with Crippen LogP contribution in [0.3, 0.4) is 0 Å². The first-order valence-electron chi connectivity index (χ1n) is 10.3. The Balaban J connectivity index is 1.81. The van der Waals surface area contributed by atoms with Gasteiger partial charge in [0, 0.05) is 50.0 Å². The first kappa shape index (κ1) is 24.6. The maximum absolute atomic E-state index is 11.1. The quantitative estimate of drug-likeness (QED) is 0.216. The molecule has 0 spiro atoms. The minimum atomic E-state index is -4.16. The fraction of sp³-hybridized carbons (Fsp3) is 0.391. The summed E-state index contributed by atoms with van der Waals surface area (Å²) < 4.78 is 38.5. The number of esters is 1. The molecule has 0 amide bonds. The van der Waals surface area contributed by atoms with E-state index in [-0.39, 0.29) is 11.7 Å². The van der Waals surface area contributed by atoms with Gasteiger partial charge in [-0.15, -0.1) is 0 Å². The number of benzene rings is 1. The zero-order valence-corrected chi connectivity index (χ0v) is 18.9. The van der Waals surface area contributed by atoms with Crippen LogP contribution in [0.1, 0.15) is 36.8 Å². The van der Waals surface area contributed by atoms with Crippen LogP contribution in [-0.4, -0.2) is 45.4 Å². The molecule has 8 heteroatoms. The van der Waals surface area contributed by atoms with E-state index in [4.69, 9.17) is 0 Å². The Labute approximate surface area is 184 Å². The summed E-state index contributed by atoms with van der Waals surface area (Å²) in [6.07, 6.45) is 10.3. The highest BCUT2D eigenvalue weighted by molar-refractivity contribution is 7.85. The fourth-order valence-electron chi connectivity index (χ4n) is 3.03. The lowest BCUT2D eigenvalue weighted by Crippen LogP contribution is -2.33. The van der Waals surface area contributed by atoms with Gasteiger partial charge >= 0.3 is 5.97 Å². The predicted octanol–water partition coefficient (Wildman–Crippen LogP) is 2.86. The Morgan fingerprint density at radius 1 is 1.03 bits per heavy atom. The van der Waals surface area contributed by atoms with Crippen LogP contribution in [0.15, 0.2) is 48.8 Å². The van der Waals surface area contributed by atoms with E-state index < -0.39 is 10.1 Å². The second-order valence-electron chi connectivity index (χ2n) is 7.36. The molecule has 168 valence electrons. The van der Waals surface area contributed by atoms with Gasteiger partial charge in [-0.1, -0.05) is 24.3 Å². The Bertz CT molecular complexity index is 954. The molecule has 7 nitrogen and oxygen atoms in total. The standard InChI is InChI=1S/C23H30N2O5S/c1-24(15-4-3-6-23(26)30-2)22-11-9-20(10-12-22)7-8-21-13-17-25(18-14-21)16-5-19-31(27,28)29/h7-14,17-18H,3-6,15-16,19H2,1-2H3. The van der Waals surface area contributed by atoms with Crippen LogP contribution < -0.4 is 9.47 Å². The fourth-order valence-corrected chi connectivity index (χ4v) is 3.52. The minimum absolute atomic E-state index is 0.165. The van der Waals surface area contributed by atoms with Crippen molar-refractivity contribution in [2.24, 2.45) is 0 Å². The summed E-state index contributed by atoms with van der Waals surface area (Å²) in [6, 6.07) is 12.1. The van der Waals surface area contributed by atoms with Crippen LogP contribution in [-0.2, 0) is 26.2 Å². The van der Waals surface area contributed by atoms with Crippen molar-refractivity contribution in [3.63, 3.8) is 0 Å². The third-order valence-electron chi connectivity index (χ3n) is 4.88. The van der Waals surface area contributed by atoms with Crippen LogP contribution >= 0.6 is 0 Å². The molecule has 0 bridgehead atoms. The van der Waals surface area contributed by atoms with Gasteiger partial charge in [0.25, 0.3) is 0 Å². The van der Waals surface area contributed by atoms with Crippen molar-refractivity contribution in [2.75, 3.05) is 31.4 Å². The van der Waals surface area contributed by atoms with Gasteiger partial charge in [0.1, 0.15) is 6.54 Å². The number of nitrogens with zero attached hydrogens (tertiary/aromatic N) is 2. The Hall–Kier alpha value is -2.71. The van der Waals surface area contributed by atoms with E-state index >= 15 is 0 Å². The number of aromatic nitrogens is 1. The molecule has 2 aromatic rings. The largest absolute Gasteiger partial charge is 0.748 e. The van der Waals surface area contributed by atoms with Gasteiger partial charge in [-0.2, -0.15) is 0 Å². The molecule has 2 rings (SSSR count). The molecular weight excluding hydrogens is 416 g/mol. The van der Waals surface area contributed by atoms with Gasteiger partial charge in [-0.25, -0.2) is 13.0 Å². The average molecular weight is 447 g/mol. The molecule has 0 saturated carbocycles. The maximum atomic E-state index is 11.1. The number of anilines is 1. The molecule has 0 aliphatic carbocycles. The van der Waals surface area contributed by atoms with Crippen molar-refractivity contribution in [2.45, 2.75) is 32.2 Å². The smallest absolute Gasteiger partial charge is 0.305 e. The summed E-state index contributed by atoms with van der Waals surface area (Å²) in [4.78, 5) is 13.3. The van der Waals surface area contributed by atoms with Gasteiger partial charge in [-0.05, 0) is 36.1 Å². The van der Waals surface area contributed by atoms with E-state index in [1.807, 2.05) is 48.3 Å². The first-order valence-corrected chi connectivity index (χ1v) is 11.8. The molecule has 0 aliphatic heterocycles. The van der Waals surface area contributed by atoms with Crippen LogP contribution in [0.4, 0.5) is 5.69 Å². The number of unbranched alkanes of at least 4 members (excludes halogenated alkanes) is 1. The van der Waals surface area contributed by atoms with Crippen molar-refractivity contribution in [3.8, 4) is 0 Å². The van der Waals surface area contributed by atoms with Crippen molar-refractivity contribution in [1.29, 1.82) is 0 Å². The normalized spacial score (nSPS) is 11.6. The molecule has 1 aromatic heterocycles. The molecule has 0 atom stereocenters. The summed E-state index contributed by atoms with van der Waals surface area (Å²) >= 11 is 0. The summed E-state index contributed by atoms with van der Waals surface area (Å²) in [5, 5.41) is 0. The number of ether oxygens (including phenoxy) is 1. The topological polar surface area (TPSA) is 90.6 Å². The van der Waals surface area contributed by atoms with Gasteiger partial charge in [0.05, 0.1) is 17.2 Å². The number of hydrogen-bond donors (Lipinski definition) is 0. The number of pyridine rings is 1. The highest BCUT2D eigenvalue weighted by Gasteiger charge is 2.04. The van der Waals surface area contributed by atoms with E-state index in [2.05, 4.69) is 33.9 Å². The van der Waals surface area contributed by atoms with Crippen LogP contribution in [0.5, 0.6) is 0 Å². The monoisotopic (exact) mass is 446 g/mol. The van der Waals surface area contributed by atoms with E-state index in [9.17, 15) is 17.8 Å². The molecule has 31 heavy (non-hydrogen) atoms. The summed E-state index contributed by atoms with van der Waals surface area (Å²) in [5.41, 5.74) is 3.23. The van der Waals surface area contributed by atoms with Gasteiger partial charge in [0.2, 0.25) is 0 Å². The molecular formula is C23H30N2O5S. The maximum Gasteiger partial charge on any atom is 0.305 e. The number of rotatable bonds is 12. The molecule has 0 saturated heterocycles. The van der Waals surface area contributed by atoms with Crippen molar-refractivity contribution >= 4 is 33.9 Å². The second-order valence-corrected chi connectivity index (χ2v) is 8.89. The molecule has 1 heterocycles.